The van der Waals surface area contributed by atoms with Crippen LogP contribution in [0.2, 0.25) is 0 Å². The van der Waals surface area contributed by atoms with Crippen LogP contribution < -0.4 is 0 Å². The van der Waals surface area contributed by atoms with E-state index < -0.39 is 0 Å². The highest BCUT2D eigenvalue weighted by atomic mass is 16.1. The predicted molar refractivity (Wildman–Crippen MR) is 67.5 cm³/mol. The lowest BCUT2D eigenvalue weighted by Crippen LogP contribution is -2.35. The summed E-state index contributed by atoms with van der Waals surface area (Å²) in [5, 5.41) is 6.09. The van der Waals surface area contributed by atoms with E-state index in [1.807, 2.05) is 20.3 Å². The average Bonchev–Trinajstić information content (AvgIpc) is 2.12. The van der Waals surface area contributed by atoms with Crippen molar-refractivity contribution in [3.8, 4) is 0 Å². The van der Waals surface area contributed by atoms with Gasteiger partial charge in [0.1, 0.15) is 5.78 Å². The van der Waals surface area contributed by atoms with Crippen LogP contribution in [0.1, 0.15) is 40.0 Å². The third kappa shape index (κ3) is 3.62. The number of Topliss-reactive ketones (excluding diaryl/α,β-unsaturated/α-hetero) is 1. The van der Waals surface area contributed by atoms with Crippen molar-refractivity contribution in [2.45, 2.75) is 40.0 Å². The molecule has 1 saturated carbocycles. The summed E-state index contributed by atoms with van der Waals surface area (Å²) in [7, 11) is 3.82. The first-order valence-electron chi connectivity index (χ1n) is 6.04. The summed E-state index contributed by atoms with van der Waals surface area (Å²) >= 11 is 0. The Kier molecular flexibility index (Phi) is 4.11. The highest BCUT2D eigenvalue weighted by Crippen LogP contribution is 2.39. The first-order valence-corrected chi connectivity index (χ1v) is 6.04. The number of ketones is 1. The van der Waals surface area contributed by atoms with Gasteiger partial charge < -0.3 is 5.01 Å². The molecule has 0 aliphatic heterocycles. The standard InChI is InChI=1S/C13H24N2O/c1-13(2,3)12-7-6-11(16)8-10(12)9-14-15(4)5/h9-10,12H,6-8H2,1-5H3/b14-9+. The monoisotopic (exact) mass is 224 g/mol. The highest BCUT2D eigenvalue weighted by molar-refractivity contribution is 5.83. The second kappa shape index (κ2) is 4.98. The van der Waals surface area contributed by atoms with Crippen molar-refractivity contribution >= 4 is 12.0 Å². The summed E-state index contributed by atoms with van der Waals surface area (Å²) in [5.74, 6) is 1.26. The minimum Gasteiger partial charge on any atom is -0.303 e. The Labute approximate surface area is 98.9 Å². The van der Waals surface area contributed by atoms with Gasteiger partial charge in [0.2, 0.25) is 0 Å². The number of hydrazone groups is 1. The molecule has 3 heteroatoms. The quantitative estimate of drug-likeness (QED) is 0.533. The Hall–Kier alpha value is -0.860. The summed E-state index contributed by atoms with van der Waals surface area (Å²) < 4.78 is 0. The predicted octanol–water partition coefficient (Wildman–Crippen LogP) is 2.57. The molecule has 0 radical (unpaired) electrons. The lowest BCUT2D eigenvalue weighted by Gasteiger charge is -2.38. The van der Waals surface area contributed by atoms with Gasteiger partial charge in [-0.05, 0) is 17.8 Å². The summed E-state index contributed by atoms with van der Waals surface area (Å²) in [6.45, 7) is 6.76. The van der Waals surface area contributed by atoms with Crippen molar-refractivity contribution in [3.63, 3.8) is 0 Å². The first kappa shape index (κ1) is 13.2. The molecule has 0 saturated heterocycles. The van der Waals surface area contributed by atoms with Gasteiger partial charge in [0.15, 0.2) is 0 Å². The SMILES string of the molecule is CN(C)/N=C/C1CC(=O)CCC1C(C)(C)C. The zero-order valence-electron chi connectivity index (χ0n) is 11.2. The molecule has 0 amide bonds. The summed E-state index contributed by atoms with van der Waals surface area (Å²) in [5.41, 5.74) is 0.254. The van der Waals surface area contributed by atoms with E-state index in [1.54, 1.807) is 5.01 Å². The van der Waals surface area contributed by atoms with Crippen molar-refractivity contribution in [1.82, 2.24) is 5.01 Å². The van der Waals surface area contributed by atoms with Crippen molar-refractivity contribution in [2.75, 3.05) is 14.1 Å². The van der Waals surface area contributed by atoms with Crippen LogP contribution in [0.15, 0.2) is 5.10 Å². The minimum absolute atomic E-state index is 0.254. The number of carbonyl (C=O) groups excluding carboxylic acids is 1. The van der Waals surface area contributed by atoms with Crippen LogP contribution >= 0.6 is 0 Å². The van der Waals surface area contributed by atoms with Gasteiger partial charge in [-0.2, -0.15) is 5.10 Å². The maximum Gasteiger partial charge on any atom is 0.133 e. The largest absolute Gasteiger partial charge is 0.303 e. The van der Waals surface area contributed by atoms with Crippen LogP contribution in [0.25, 0.3) is 0 Å². The van der Waals surface area contributed by atoms with Crippen LogP contribution in [0.5, 0.6) is 0 Å². The number of hydrogen-bond acceptors (Lipinski definition) is 3. The number of hydrogen-bond donors (Lipinski definition) is 0. The lowest BCUT2D eigenvalue weighted by atomic mass is 9.66. The molecule has 16 heavy (non-hydrogen) atoms. The fourth-order valence-corrected chi connectivity index (χ4v) is 2.49. The molecule has 1 fully saturated rings. The Morgan fingerprint density at radius 3 is 2.50 bits per heavy atom. The third-order valence-corrected chi connectivity index (χ3v) is 3.32. The van der Waals surface area contributed by atoms with Crippen LogP contribution in [0.3, 0.4) is 0 Å². The van der Waals surface area contributed by atoms with E-state index in [2.05, 4.69) is 25.9 Å². The van der Waals surface area contributed by atoms with Crippen LogP contribution in [-0.4, -0.2) is 31.1 Å². The smallest absolute Gasteiger partial charge is 0.133 e. The second-order valence-corrected chi connectivity index (χ2v) is 6.03. The Balaban J connectivity index is 2.77. The van der Waals surface area contributed by atoms with Gasteiger partial charge in [-0.1, -0.05) is 20.8 Å². The summed E-state index contributed by atoms with van der Waals surface area (Å²) in [6.07, 6.45) is 4.38. The van der Waals surface area contributed by atoms with E-state index in [4.69, 9.17) is 0 Å². The van der Waals surface area contributed by atoms with Gasteiger partial charge in [0, 0.05) is 39.1 Å². The molecule has 1 aliphatic rings. The van der Waals surface area contributed by atoms with E-state index >= 15 is 0 Å². The molecule has 2 unspecified atom stereocenters. The van der Waals surface area contributed by atoms with Crippen molar-refractivity contribution in [1.29, 1.82) is 0 Å². The topological polar surface area (TPSA) is 32.7 Å². The Morgan fingerprint density at radius 1 is 1.38 bits per heavy atom. The fraction of sp³-hybridized carbons (Fsp3) is 0.846. The van der Waals surface area contributed by atoms with Crippen LogP contribution in [0, 0.1) is 17.3 Å². The Morgan fingerprint density at radius 2 is 2.00 bits per heavy atom. The molecule has 2 atom stereocenters. The molecule has 0 spiro atoms. The van der Waals surface area contributed by atoms with Gasteiger partial charge in [0.05, 0.1) is 0 Å². The van der Waals surface area contributed by atoms with E-state index in [1.165, 1.54) is 0 Å². The normalized spacial score (nSPS) is 27.4. The molecule has 1 aliphatic carbocycles. The summed E-state index contributed by atoms with van der Waals surface area (Å²) in [6, 6.07) is 0. The molecule has 0 bridgehead atoms. The molecule has 92 valence electrons. The molecule has 0 heterocycles. The lowest BCUT2D eigenvalue weighted by molar-refractivity contribution is -0.122. The molecule has 0 aromatic heterocycles. The van der Waals surface area contributed by atoms with E-state index in [-0.39, 0.29) is 5.41 Å². The van der Waals surface area contributed by atoms with Crippen molar-refractivity contribution in [3.05, 3.63) is 0 Å². The molecule has 0 N–H and O–H groups in total. The van der Waals surface area contributed by atoms with Crippen molar-refractivity contribution < 1.29 is 4.79 Å². The maximum atomic E-state index is 11.5. The van der Waals surface area contributed by atoms with E-state index in [9.17, 15) is 4.79 Å². The summed E-state index contributed by atoms with van der Waals surface area (Å²) in [4.78, 5) is 11.5. The number of rotatable bonds is 2. The van der Waals surface area contributed by atoms with Crippen molar-refractivity contribution in [2.24, 2.45) is 22.4 Å². The zero-order valence-corrected chi connectivity index (χ0v) is 11.2. The number of nitrogens with zero attached hydrogens (tertiary/aromatic N) is 2. The van der Waals surface area contributed by atoms with Gasteiger partial charge >= 0.3 is 0 Å². The van der Waals surface area contributed by atoms with Gasteiger partial charge in [-0.15, -0.1) is 0 Å². The van der Waals surface area contributed by atoms with Gasteiger partial charge in [-0.25, -0.2) is 0 Å². The van der Waals surface area contributed by atoms with Gasteiger partial charge in [-0.3, -0.25) is 4.79 Å². The minimum atomic E-state index is 0.254. The highest BCUT2D eigenvalue weighted by Gasteiger charge is 2.35. The van der Waals surface area contributed by atoms with Gasteiger partial charge in [0.25, 0.3) is 0 Å². The van der Waals surface area contributed by atoms with E-state index in [0.29, 0.717) is 24.0 Å². The molecular formula is C13H24N2O. The molecular weight excluding hydrogens is 200 g/mol. The second-order valence-electron chi connectivity index (χ2n) is 6.03. The van der Waals surface area contributed by atoms with Crippen LogP contribution in [-0.2, 0) is 4.79 Å². The zero-order chi connectivity index (χ0) is 12.3. The third-order valence-electron chi connectivity index (χ3n) is 3.32. The molecule has 3 nitrogen and oxygen atoms in total. The first-order chi connectivity index (χ1) is 7.30. The number of carbonyl (C=O) groups is 1. The molecule has 1 rings (SSSR count). The Bertz CT molecular complexity index is 276. The average molecular weight is 224 g/mol. The van der Waals surface area contributed by atoms with Crippen LogP contribution in [0.4, 0.5) is 0 Å². The molecule has 0 aromatic carbocycles. The molecule has 0 aromatic rings. The maximum absolute atomic E-state index is 11.5. The van der Waals surface area contributed by atoms with E-state index in [0.717, 1.165) is 12.8 Å². The fourth-order valence-electron chi connectivity index (χ4n) is 2.49.